The van der Waals surface area contributed by atoms with Gasteiger partial charge in [-0.2, -0.15) is 0 Å². The summed E-state index contributed by atoms with van der Waals surface area (Å²) in [7, 11) is 0. The van der Waals surface area contributed by atoms with Gasteiger partial charge in [0.25, 0.3) is 0 Å². The van der Waals surface area contributed by atoms with Crippen LogP contribution in [0.15, 0.2) is 23.3 Å². The number of nitrogens with one attached hydrogen (secondary N) is 1. The minimum absolute atomic E-state index is 0.0220. The molecule has 1 saturated heterocycles. The summed E-state index contributed by atoms with van der Waals surface area (Å²) in [6.07, 6.45) is 6.38. The fourth-order valence-corrected chi connectivity index (χ4v) is 2.47. The third-order valence-electron chi connectivity index (χ3n) is 3.55. The van der Waals surface area contributed by atoms with Crippen LogP contribution in [0.2, 0.25) is 0 Å². The standard InChI is InChI=1S/C14H17N3O2/c18-14(17-9-12-4-2-6-19-12)11-7-10-3-1-5-15-13(10)16-8-11/h1,3,5,8,11-12H,2,4,6-7,9H2,(H,17,18). The van der Waals surface area contributed by atoms with Gasteiger partial charge in [0.05, 0.1) is 12.0 Å². The molecule has 1 amide bonds. The van der Waals surface area contributed by atoms with E-state index in [4.69, 9.17) is 4.74 Å². The van der Waals surface area contributed by atoms with E-state index in [0.29, 0.717) is 13.0 Å². The first-order valence-corrected chi connectivity index (χ1v) is 6.70. The van der Waals surface area contributed by atoms with Crippen molar-refractivity contribution < 1.29 is 9.53 Å². The maximum Gasteiger partial charge on any atom is 0.228 e. The minimum Gasteiger partial charge on any atom is -0.376 e. The van der Waals surface area contributed by atoms with Gasteiger partial charge in [-0.05, 0) is 30.9 Å². The molecular formula is C14H17N3O2. The Bertz CT molecular complexity index is 495. The molecule has 0 radical (unpaired) electrons. The summed E-state index contributed by atoms with van der Waals surface area (Å²) >= 11 is 0. The van der Waals surface area contributed by atoms with Crippen molar-refractivity contribution in [3.63, 3.8) is 0 Å². The SMILES string of the molecule is O=C(NCC1CCCO1)C1C=Nc2ncccc2C1. The number of rotatable bonds is 3. The average molecular weight is 259 g/mol. The van der Waals surface area contributed by atoms with Crippen LogP contribution in [0.25, 0.3) is 0 Å². The Balaban J connectivity index is 1.57. The number of carbonyl (C=O) groups is 1. The topological polar surface area (TPSA) is 63.6 Å². The number of carbonyl (C=O) groups excluding carboxylic acids is 1. The Labute approximate surface area is 112 Å². The summed E-state index contributed by atoms with van der Waals surface area (Å²) in [5.41, 5.74) is 1.03. The summed E-state index contributed by atoms with van der Waals surface area (Å²) in [5, 5.41) is 2.95. The van der Waals surface area contributed by atoms with Crippen molar-refractivity contribution in [2.75, 3.05) is 13.2 Å². The zero-order chi connectivity index (χ0) is 13.1. The van der Waals surface area contributed by atoms with Gasteiger partial charge in [-0.1, -0.05) is 6.07 Å². The molecule has 3 heterocycles. The van der Waals surface area contributed by atoms with Crippen LogP contribution in [0.3, 0.4) is 0 Å². The molecule has 0 bridgehead atoms. The summed E-state index contributed by atoms with van der Waals surface area (Å²) in [6, 6.07) is 3.85. The average Bonchev–Trinajstić information content (AvgIpc) is 2.97. The second-order valence-corrected chi connectivity index (χ2v) is 4.96. The quantitative estimate of drug-likeness (QED) is 0.888. The van der Waals surface area contributed by atoms with Gasteiger partial charge >= 0.3 is 0 Å². The molecule has 0 aliphatic carbocycles. The highest BCUT2D eigenvalue weighted by atomic mass is 16.5. The zero-order valence-corrected chi connectivity index (χ0v) is 10.7. The van der Waals surface area contributed by atoms with Gasteiger partial charge in [0.1, 0.15) is 0 Å². The van der Waals surface area contributed by atoms with Crippen molar-refractivity contribution in [3.8, 4) is 0 Å². The Morgan fingerprint density at radius 3 is 3.32 bits per heavy atom. The molecule has 5 heteroatoms. The normalized spacial score (nSPS) is 25.1. The van der Waals surface area contributed by atoms with E-state index < -0.39 is 0 Å². The molecule has 2 aliphatic rings. The molecule has 2 aliphatic heterocycles. The molecule has 1 fully saturated rings. The Hall–Kier alpha value is -1.75. The van der Waals surface area contributed by atoms with Crippen LogP contribution in [-0.4, -0.2) is 36.4 Å². The number of pyridine rings is 1. The van der Waals surface area contributed by atoms with E-state index in [9.17, 15) is 4.79 Å². The van der Waals surface area contributed by atoms with E-state index in [-0.39, 0.29) is 17.9 Å². The largest absolute Gasteiger partial charge is 0.376 e. The van der Waals surface area contributed by atoms with E-state index in [2.05, 4.69) is 15.3 Å². The van der Waals surface area contributed by atoms with E-state index in [1.54, 1.807) is 12.4 Å². The van der Waals surface area contributed by atoms with Gasteiger partial charge in [0.15, 0.2) is 5.82 Å². The molecule has 1 aromatic rings. The second-order valence-electron chi connectivity index (χ2n) is 4.96. The van der Waals surface area contributed by atoms with Crippen LogP contribution in [0.1, 0.15) is 18.4 Å². The van der Waals surface area contributed by atoms with Crippen molar-refractivity contribution in [1.82, 2.24) is 10.3 Å². The van der Waals surface area contributed by atoms with Gasteiger partial charge in [0, 0.05) is 25.6 Å². The van der Waals surface area contributed by atoms with E-state index in [1.807, 2.05) is 12.1 Å². The molecule has 2 unspecified atom stereocenters. The summed E-state index contributed by atoms with van der Waals surface area (Å²) in [4.78, 5) is 20.5. The minimum atomic E-state index is -0.196. The molecule has 1 N–H and O–H groups in total. The van der Waals surface area contributed by atoms with Crippen molar-refractivity contribution in [2.45, 2.75) is 25.4 Å². The van der Waals surface area contributed by atoms with Gasteiger partial charge in [-0.3, -0.25) is 4.79 Å². The third-order valence-corrected chi connectivity index (χ3v) is 3.55. The summed E-state index contributed by atoms with van der Waals surface area (Å²) in [6.45, 7) is 1.41. The smallest absolute Gasteiger partial charge is 0.228 e. The van der Waals surface area contributed by atoms with Gasteiger partial charge < -0.3 is 10.1 Å². The van der Waals surface area contributed by atoms with E-state index >= 15 is 0 Å². The lowest BCUT2D eigenvalue weighted by atomic mass is 9.97. The van der Waals surface area contributed by atoms with Crippen molar-refractivity contribution in [3.05, 3.63) is 23.9 Å². The first-order chi connectivity index (χ1) is 9.33. The molecule has 0 aromatic carbocycles. The lowest BCUT2D eigenvalue weighted by Gasteiger charge is -2.18. The van der Waals surface area contributed by atoms with Crippen LogP contribution >= 0.6 is 0 Å². The van der Waals surface area contributed by atoms with Gasteiger partial charge in [-0.25, -0.2) is 9.98 Å². The Morgan fingerprint density at radius 2 is 2.47 bits per heavy atom. The van der Waals surface area contributed by atoms with Crippen LogP contribution in [0, 0.1) is 5.92 Å². The maximum absolute atomic E-state index is 12.1. The van der Waals surface area contributed by atoms with Crippen molar-refractivity contribution >= 4 is 17.9 Å². The molecule has 100 valence electrons. The third kappa shape index (κ3) is 2.81. The number of hydrogen-bond acceptors (Lipinski definition) is 4. The number of hydrogen-bond donors (Lipinski definition) is 1. The number of ether oxygens (including phenoxy) is 1. The monoisotopic (exact) mass is 259 g/mol. The van der Waals surface area contributed by atoms with Crippen LogP contribution in [0.4, 0.5) is 5.82 Å². The predicted octanol–water partition coefficient (Wildman–Crippen LogP) is 1.25. The molecule has 5 nitrogen and oxygen atoms in total. The predicted molar refractivity (Wildman–Crippen MR) is 71.6 cm³/mol. The zero-order valence-electron chi connectivity index (χ0n) is 10.7. The first kappa shape index (κ1) is 12.3. The lowest BCUT2D eigenvalue weighted by molar-refractivity contribution is -0.123. The fourth-order valence-electron chi connectivity index (χ4n) is 2.47. The second kappa shape index (κ2) is 5.48. The lowest BCUT2D eigenvalue weighted by Crippen LogP contribution is -2.38. The molecule has 19 heavy (non-hydrogen) atoms. The molecule has 0 spiro atoms. The number of nitrogens with zero attached hydrogens (tertiary/aromatic N) is 2. The van der Waals surface area contributed by atoms with Gasteiger partial charge in [0.2, 0.25) is 5.91 Å². The van der Waals surface area contributed by atoms with Crippen molar-refractivity contribution in [1.29, 1.82) is 0 Å². The van der Waals surface area contributed by atoms with E-state index in [0.717, 1.165) is 30.8 Å². The fraction of sp³-hybridized carbons (Fsp3) is 0.500. The van der Waals surface area contributed by atoms with E-state index in [1.165, 1.54) is 0 Å². The highest BCUT2D eigenvalue weighted by Gasteiger charge is 2.23. The number of aliphatic imine (C=N–C) groups is 1. The van der Waals surface area contributed by atoms with Crippen LogP contribution in [0.5, 0.6) is 0 Å². The molecular weight excluding hydrogens is 242 g/mol. The molecule has 2 atom stereocenters. The highest BCUT2D eigenvalue weighted by molar-refractivity contribution is 5.95. The van der Waals surface area contributed by atoms with Crippen LogP contribution in [-0.2, 0) is 16.0 Å². The number of amides is 1. The summed E-state index contributed by atoms with van der Waals surface area (Å²) in [5.74, 6) is 0.553. The summed E-state index contributed by atoms with van der Waals surface area (Å²) < 4.78 is 5.49. The Kier molecular flexibility index (Phi) is 3.55. The maximum atomic E-state index is 12.1. The number of fused-ring (bicyclic) bond motifs is 1. The Morgan fingerprint density at radius 1 is 1.53 bits per heavy atom. The van der Waals surface area contributed by atoms with Crippen LogP contribution < -0.4 is 5.32 Å². The van der Waals surface area contributed by atoms with Crippen molar-refractivity contribution in [2.24, 2.45) is 10.9 Å². The van der Waals surface area contributed by atoms with Gasteiger partial charge in [-0.15, -0.1) is 0 Å². The molecule has 1 aromatic heterocycles. The molecule has 3 rings (SSSR count). The molecule has 0 saturated carbocycles. The first-order valence-electron chi connectivity index (χ1n) is 6.70. The number of aromatic nitrogens is 1. The highest BCUT2D eigenvalue weighted by Crippen LogP contribution is 2.23.